The molecule has 1 aromatic carbocycles. The Morgan fingerprint density at radius 3 is 2.80 bits per heavy atom. The van der Waals surface area contributed by atoms with E-state index in [-0.39, 0.29) is 11.7 Å². The van der Waals surface area contributed by atoms with Crippen LogP contribution >= 0.6 is 11.3 Å². The first-order valence-corrected chi connectivity index (χ1v) is 8.34. The van der Waals surface area contributed by atoms with Gasteiger partial charge in [-0.1, -0.05) is 6.07 Å². The van der Waals surface area contributed by atoms with Gasteiger partial charge in [0.15, 0.2) is 0 Å². The molecule has 1 aromatic heterocycles. The number of halogens is 1. The molecule has 1 heterocycles. The van der Waals surface area contributed by atoms with Gasteiger partial charge in [-0.15, -0.1) is 11.3 Å². The molecule has 0 aliphatic rings. The summed E-state index contributed by atoms with van der Waals surface area (Å²) in [6.07, 6.45) is 0.556. The van der Waals surface area contributed by atoms with E-state index < -0.39 is 20.7 Å². The van der Waals surface area contributed by atoms with Crippen molar-refractivity contribution in [2.24, 2.45) is 0 Å². The van der Waals surface area contributed by atoms with Crippen molar-refractivity contribution in [1.29, 1.82) is 0 Å². The summed E-state index contributed by atoms with van der Waals surface area (Å²) in [6, 6.07) is 6.99. The maximum Gasteiger partial charge on any atom is 0.243 e. The van der Waals surface area contributed by atoms with Crippen LogP contribution < -0.4 is 10.5 Å². The topological polar surface area (TPSA) is 72.2 Å². The van der Waals surface area contributed by atoms with E-state index in [0.29, 0.717) is 6.42 Å². The number of nitrogen functional groups attached to an aromatic ring is 1. The highest BCUT2D eigenvalue weighted by Gasteiger charge is 2.21. The van der Waals surface area contributed by atoms with Gasteiger partial charge in [-0.3, -0.25) is 0 Å². The number of anilines is 1. The van der Waals surface area contributed by atoms with Crippen molar-refractivity contribution < 1.29 is 12.8 Å². The average molecular weight is 314 g/mol. The maximum atomic E-state index is 13.6. The summed E-state index contributed by atoms with van der Waals surface area (Å²) in [5.74, 6) is -0.810. The number of hydrogen-bond acceptors (Lipinski definition) is 4. The molecule has 0 aliphatic heterocycles. The fourth-order valence-electron chi connectivity index (χ4n) is 1.83. The number of nitrogens with one attached hydrogen (secondary N) is 1. The van der Waals surface area contributed by atoms with Crippen LogP contribution in [-0.2, 0) is 16.4 Å². The third-order valence-electron chi connectivity index (χ3n) is 2.69. The van der Waals surface area contributed by atoms with Gasteiger partial charge in [-0.2, -0.15) is 0 Å². The number of sulfonamides is 1. The van der Waals surface area contributed by atoms with Crippen LogP contribution in [-0.4, -0.2) is 14.5 Å². The highest BCUT2D eigenvalue weighted by Crippen LogP contribution is 2.19. The zero-order valence-electron chi connectivity index (χ0n) is 10.8. The Labute approximate surface area is 121 Å². The van der Waals surface area contributed by atoms with Crippen LogP contribution in [0.3, 0.4) is 0 Å². The van der Waals surface area contributed by atoms with Gasteiger partial charge in [-0.05, 0) is 43.0 Å². The molecule has 2 aromatic rings. The van der Waals surface area contributed by atoms with Crippen molar-refractivity contribution in [3.8, 4) is 0 Å². The van der Waals surface area contributed by atoms with E-state index in [9.17, 15) is 12.8 Å². The quantitative estimate of drug-likeness (QED) is 0.832. The second-order valence-corrected chi connectivity index (χ2v) is 7.21. The third-order valence-corrected chi connectivity index (χ3v) is 5.19. The Hall–Kier alpha value is -1.44. The van der Waals surface area contributed by atoms with E-state index in [1.807, 2.05) is 17.5 Å². The molecule has 0 saturated carbocycles. The Bertz CT molecular complexity index is 684. The molecule has 0 amide bonds. The summed E-state index contributed by atoms with van der Waals surface area (Å²) in [5, 5.41) is 1.92. The molecule has 0 radical (unpaired) electrons. The van der Waals surface area contributed by atoms with Gasteiger partial charge in [0, 0.05) is 16.6 Å². The van der Waals surface area contributed by atoms with Gasteiger partial charge in [0.1, 0.15) is 10.7 Å². The lowest BCUT2D eigenvalue weighted by Crippen LogP contribution is -2.34. The molecule has 3 N–H and O–H groups in total. The van der Waals surface area contributed by atoms with Crippen molar-refractivity contribution >= 4 is 27.0 Å². The minimum Gasteiger partial charge on any atom is -0.399 e. The van der Waals surface area contributed by atoms with Crippen LogP contribution in [0, 0.1) is 5.82 Å². The smallest absolute Gasteiger partial charge is 0.243 e. The van der Waals surface area contributed by atoms with Crippen molar-refractivity contribution in [2.75, 3.05) is 5.73 Å². The lowest BCUT2D eigenvalue weighted by atomic mass is 10.2. The largest absolute Gasteiger partial charge is 0.399 e. The van der Waals surface area contributed by atoms with Gasteiger partial charge < -0.3 is 5.73 Å². The standard InChI is InChI=1S/C13H15FN2O2S2/c1-9(7-11-3-2-6-19-11)16-20(17,18)13-8-10(15)4-5-12(13)14/h2-6,8-9,16H,7,15H2,1H3. The molecule has 1 unspecified atom stereocenters. The molecule has 7 heteroatoms. The zero-order valence-corrected chi connectivity index (χ0v) is 12.5. The fraction of sp³-hybridized carbons (Fsp3) is 0.231. The van der Waals surface area contributed by atoms with Gasteiger partial charge in [0.2, 0.25) is 10.0 Å². The van der Waals surface area contributed by atoms with Gasteiger partial charge in [-0.25, -0.2) is 17.5 Å². The molecule has 108 valence electrons. The van der Waals surface area contributed by atoms with E-state index >= 15 is 0 Å². The number of hydrogen-bond donors (Lipinski definition) is 2. The molecule has 20 heavy (non-hydrogen) atoms. The van der Waals surface area contributed by atoms with E-state index in [2.05, 4.69) is 4.72 Å². The maximum absolute atomic E-state index is 13.6. The Balaban J connectivity index is 2.16. The normalized spacial score (nSPS) is 13.3. The first-order valence-electron chi connectivity index (χ1n) is 5.98. The summed E-state index contributed by atoms with van der Waals surface area (Å²) in [4.78, 5) is 0.642. The lowest BCUT2D eigenvalue weighted by molar-refractivity contribution is 0.543. The molecule has 0 spiro atoms. The van der Waals surface area contributed by atoms with Crippen LogP contribution in [0.1, 0.15) is 11.8 Å². The monoisotopic (exact) mass is 314 g/mol. The minimum absolute atomic E-state index is 0.206. The molecule has 0 fully saturated rings. The Morgan fingerprint density at radius 1 is 1.40 bits per heavy atom. The number of thiophene rings is 1. The second kappa shape index (κ2) is 5.90. The summed E-state index contributed by atoms with van der Waals surface area (Å²) in [7, 11) is -3.92. The van der Waals surface area contributed by atoms with E-state index in [4.69, 9.17) is 5.73 Å². The number of benzene rings is 1. The molecule has 0 bridgehead atoms. The summed E-state index contributed by atoms with van der Waals surface area (Å²) in [5.41, 5.74) is 5.71. The number of rotatable bonds is 5. The average Bonchev–Trinajstić information content (AvgIpc) is 2.84. The van der Waals surface area contributed by atoms with Crippen molar-refractivity contribution in [3.05, 3.63) is 46.4 Å². The van der Waals surface area contributed by atoms with E-state index in [1.165, 1.54) is 6.07 Å². The van der Waals surface area contributed by atoms with Crippen LogP contribution in [0.5, 0.6) is 0 Å². The second-order valence-electron chi connectivity index (χ2n) is 4.50. The first-order chi connectivity index (χ1) is 9.38. The third kappa shape index (κ3) is 3.56. The highest BCUT2D eigenvalue weighted by molar-refractivity contribution is 7.89. The Kier molecular flexibility index (Phi) is 4.42. The molecule has 1 atom stereocenters. The molecular formula is C13H15FN2O2S2. The van der Waals surface area contributed by atoms with Crippen LogP contribution in [0.2, 0.25) is 0 Å². The molecule has 0 aliphatic carbocycles. The van der Waals surface area contributed by atoms with Gasteiger partial charge in [0.25, 0.3) is 0 Å². The van der Waals surface area contributed by atoms with Crippen molar-refractivity contribution in [2.45, 2.75) is 24.3 Å². The predicted molar refractivity (Wildman–Crippen MR) is 78.6 cm³/mol. The summed E-state index contributed by atoms with van der Waals surface area (Å²) in [6.45, 7) is 1.74. The van der Waals surface area contributed by atoms with E-state index in [1.54, 1.807) is 18.3 Å². The SMILES string of the molecule is CC(Cc1cccs1)NS(=O)(=O)c1cc(N)ccc1F. The fourth-order valence-corrected chi connectivity index (χ4v) is 4.02. The Morgan fingerprint density at radius 2 is 2.15 bits per heavy atom. The van der Waals surface area contributed by atoms with Crippen molar-refractivity contribution in [3.63, 3.8) is 0 Å². The molecule has 4 nitrogen and oxygen atoms in total. The first kappa shape index (κ1) is 15.0. The summed E-state index contributed by atoms with van der Waals surface area (Å²) >= 11 is 1.55. The number of nitrogens with two attached hydrogens (primary N) is 1. The lowest BCUT2D eigenvalue weighted by Gasteiger charge is -2.14. The van der Waals surface area contributed by atoms with Gasteiger partial charge in [0.05, 0.1) is 0 Å². The zero-order chi connectivity index (χ0) is 14.8. The van der Waals surface area contributed by atoms with Gasteiger partial charge >= 0.3 is 0 Å². The highest BCUT2D eigenvalue weighted by atomic mass is 32.2. The predicted octanol–water partition coefficient (Wildman–Crippen LogP) is 2.38. The molecule has 2 rings (SSSR count). The molecule has 0 saturated heterocycles. The minimum atomic E-state index is -3.92. The molecular weight excluding hydrogens is 299 g/mol. The summed E-state index contributed by atoms with van der Waals surface area (Å²) < 4.78 is 40.4. The van der Waals surface area contributed by atoms with Crippen molar-refractivity contribution in [1.82, 2.24) is 4.72 Å². The van der Waals surface area contributed by atoms with Crippen LogP contribution in [0.15, 0.2) is 40.6 Å². The van der Waals surface area contributed by atoms with Crippen LogP contribution in [0.4, 0.5) is 10.1 Å². The van der Waals surface area contributed by atoms with Crippen LogP contribution in [0.25, 0.3) is 0 Å². The van der Waals surface area contributed by atoms with E-state index in [0.717, 1.165) is 17.0 Å².